The maximum atomic E-state index is 12.2. The van der Waals surface area contributed by atoms with Crippen LogP contribution in [0.5, 0.6) is 0 Å². The highest BCUT2D eigenvalue weighted by atomic mass is 16.5. The van der Waals surface area contributed by atoms with Gasteiger partial charge in [-0.25, -0.2) is 0 Å². The van der Waals surface area contributed by atoms with Crippen LogP contribution in [0, 0.1) is 0 Å². The van der Waals surface area contributed by atoms with Crippen molar-refractivity contribution in [2.24, 2.45) is 0 Å². The Bertz CT molecular complexity index is 757. The summed E-state index contributed by atoms with van der Waals surface area (Å²) in [5.74, 6) is -0.540. The van der Waals surface area contributed by atoms with Gasteiger partial charge in [-0.05, 0) is 29.7 Å². The Balaban J connectivity index is 1.80. The van der Waals surface area contributed by atoms with Crippen LogP contribution in [-0.2, 0) is 27.5 Å². The fourth-order valence-electron chi connectivity index (χ4n) is 2.40. The van der Waals surface area contributed by atoms with E-state index in [9.17, 15) is 9.59 Å². The summed E-state index contributed by atoms with van der Waals surface area (Å²) in [5.41, 5.74) is 2.96. The van der Waals surface area contributed by atoms with E-state index in [1.54, 1.807) is 20.1 Å². The molecule has 5 nitrogen and oxygen atoms in total. The fourth-order valence-corrected chi connectivity index (χ4v) is 2.40. The van der Waals surface area contributed by atoms with E-state index in [0.29, 0.717) is 13.2 Å². The second-order valence-corrected chi connectivity index (χ2v) is 5.95. The minimum atomic E-state index is -0.620. The van der Waals surface area contributed by atoms with Crippen LogP contribution in [-0.4, -0.2) is 25.0 Å². The van der Waals surface area contributed by atoms with Gasteiger partial charge in [0.2, 0.25) is 11.8 Å². The smallest absolute Gasteiger partial charge is 0.244 e. The van der Waals surface area contributed by atoms with Gasteiger partial charge in [-0.2, -0.15) is 0 Å². The number of carbonyl (C=O) groups excluding carboxylic acids is 2. The molecular formula is C21H24N2O3. The molecule has 2 amide bonds. The summed E-state index contributed by atoms with van der Waals surface area (Å²) in [7, 11) is 1.64. The van der Waals surface area contributed by atoms with Gasteiger partial charge in [-0.15, -0.1) is 0 Å². The molecule has 0 aliphatic carbocycles. The molecule has 2 aromatic carbocycles. The molecule has 5 heteroatoms. The van der Waals surface area contributed by atoms with Crippen molar-refractivity contribution in [2.45, 2.75) is 26.1 Å². The van der Waals surface area contributed by atoms with Crippen LogP contribution in [0.15, 0.2) is 60.7 Å². The molecule has 0 saturated carbocycles. The lowest BCUT2D eigenvalue weighted by molar-refractivity contribution is -0.126. The van der Waals surface area contributed by atoms with E-state index < -0.39 is 6.04 Å². The second kappa shape index (κ2) is 10.2. The first-order valence-corrected chi connectivity index (χ1v) is 8.46. The summed E-state index contributed by atoms with van der Waals surface area (Å²) < 4.78 is 5.10. The number of rotatable bonds is 8. The van der Waals surface area contributed by atoms with E-state index in [2.05, 4.69) is 10.6 Å². The number of carbonyl (C=O) groups is 2. The highest BCUT2D eigenvalue weighted by Crippen LogP contribution is 2.06. The molecule has 2 N–H and O–H groups in total. The molecule has 1 unspecified atom stereocenters. The number of benzene rings is 2. The lowest BCUT2D eigenvalue weighted by Crippen LogP contribution is -2.44. The number of hydrogen-bond donors (Lipinski definition) is 2. The number of ether oxygens (including phenoxy) is 1. The lowest BCUT2D eigenvalue weighted by Gasteiger charge is -2.13. The molecule has 2 aromatic rings. The summed E-state index contributed by atoms with van der Waals surface area (Å²) >= 11 is 0. The SMILES string of the molecule is COCc1cccc(CNC(=O)C(C)NC(=O)/C=C/c2ccccc2)c1. The Morgan fingerprint density at radius 3 is 2.54 bits per heavy atom. The molecule has 136 valence electrons. The zero-order chi connectivity index (χ0) is 18.8. The van der Waals surface area contributed by atoms with Crippen molar-refractivity contribution in [2.75, 3.05) is 7.11 Å². The number of nitrogens with one attached hydrogen (secondary N) is 2. The van der Waals surface area contributed by atoms with Crippen LogP contribution in [0.3, 0.4) is 0 Å². The molecule has 1 atom stereocenters. The summed E-state index contributed by atoms with van der Waals surface area (Å²) in [5, 5.41) is 5.49. The van der Waals surface area contributed by atoms with Crippen LogP contribution >= 0.6 is 0 Å². The van der Waals surface area contributed by atoms with Crippen LogP contribution in [0.4, 0.5) is 0 Å². The Kier molecular flexibility index (Phi) is 7.58. The third-order valence-corrected chi connectivity index (χ3v) is 3.75. The van der Waals surface area contributed by atoms with E-state index in [1.807, 2.05) is 54.6 Å². The molecule has 0 spiro atoms. The summed E-state index contributed by atoms with van der Waals surface area (Å²) in [6, 6.07) is 16.7. The third kappa shape index (κ3) is 6.53. The third-order valence-electron chi connectivity index (χ3n) is 3.75. The van der Waals surface area contributed by atoms with Crippen molar-refractivity contribution in [1.29, 1.82) is 0 Å². The average Bonchev–Trinajstić information content (AvgIpc) is 2.66. The predicted octanol–water partition coefficient (Wildman–Crippen LogP) is 2.67. The normalized spacial score (nSPS) is 11.9. The highest BCUT2D eigenvalue weighted by molar-refractivity contribution is 5.95. The van der Waals surface area contributed by atoms with E-state index in [-0.39, 0.29) is 11.8 Å². The minimum absolute atomic E-state index is 0.233. The molecule has 0 saturated heterocycles. The van der Waals surface area contributed by atoms with Gasteiger partial charge < -0.3 is 15.4 Å². The van der Waals surface area contributed by atoms with Gasteiger partial charge in [-0.3, -0.25) is 9.59 Å². The fraction of sp³-hybridized carbons (Fsp3) is 0.238. The van der Waals surface area contributed by atoms with Crippen molar-refractivity contribution in [3.8, 4) is 0 Å². The first-order valence-electron chi connectivity index (χ1n) is 8.46. The molecule has 0 aliphatic heterocycles. The van der Waals surface area contributed by atoms with E-state index in [0.717, 1.165) is 16.7 Å². The molecule has 0 bridgehead atoms. The van der Waals surface area contributed by atoms with Crippen LogP contribution in [0.2, 0.25) is 0 Å². The second-order valence-electron chi connectivity index (χ2n) is 5.95. The van der Waals surface area contributed by atoms with Crippen molar-refractivity contribution >= 4 is 17.9 Å². The van der Waals surface area contributed by atoms with Crippen molar-refractivity contribution < 1.29 is 14.3 Å². The van der Waals surface area contributed by atoms with Crippen LogP contribution < -0.4 is 10.6 Å². The Labute approximate surface area is 154 Å². The molecule has 0 radical (unpaired) electrons. The number of amides is 2. The Morgan fingerprint density at radius 2 is 1.81 bits per heavy atom. The van der Waals surface area contributed by atoms with Gasteiger partial charge >= 0.3 is 0 Å². The summed E-state index contributed by atoms with van der Waals surface area (Å²) in [6.45, 7) is 2.59. The molecule has 26 heavy (non-hydrogen) atoms. The first kappa shape index (κ1) is 19.4. The lowest BCUT2D eigenvalue weighted by atomic mass is 10.1. The van der Waals surface area contributed by atoms with Gasteiger partial charge in [-0.1, -0.05) is 54.6 Å². The van der Waals surface area contributed by atoms with Gasteiger partial charge in [0, 0.05) is 19.7 Å². The molecule has 0 heterocycles. The number of methoxy groups -OCH3 is 1. The maximum Gasteiger partial charge on any atom is 0.244 e. The van der Waals surface area contributed by atoms with Crippen molar-refractivity contribution in [3.05, 3.63) is 77.4 Å². The quantitative estimate of drug-likeness (QED) is 0.718. The van der Waals surface area contributed by atoms with Crippen LogP contribution in [0.1, 0.15) is 23.6 Å². The molecule has 0 fully saturated rings. The van der Waals surface area contributed by atoms with Gasteiger partial charge in [0.1, 0.15) is 6.04 Å². The Hall–Kier alpha value is -2.92. The molecule has 2 rings (SSSR count). The first-order chi connectivity index (χ1) is 12.6. The zero-order valence-electron chi connectivity index (χ0n) is 15.1. The van der Waals surface area contributed by atoms with E-state index >= 15 is 0 Å². The molecular weight excluding hydrogens is 328 g/mol. The van der Waals surface area contributed by atoms with Gasteiger partial charge in [0.25, 0.3) is 0 Å². The largest absolute Gasteiger partial charge is 0.380 e. The summed E-state index contributed by atoms with van der Waals surface area (Å²) in [4.78, 5) is 24.1. The van der Waals surface area contributed by atoms with Crippen molar-refractivity contribution in [3.63, 3.8) is 0 Å². The monoisotopic (exact) mass is 352 g/mol. The molecule has 0 aliphatic rings. The minimum Gasteiger partial charge on any atom is -0.380 e. The topological polar surface area (TPSA) is 67.4 Å². The maximum absolute atomic E-state index is 12.2. The predicted molar refractivity (Wildman–Crippen MR) is 102 cm³/mol. The average molecular weight is 352 g/mol. The standard InChI is InChI=1S/C21H24N2O3/c1-16(23-20(24)12-11-17-7-4-3-5-8-17)21(25)22-14-18-9-6-10-19(13-18)15-26-2/h3-13,16H,14-15H2,1-2H3,(H,22,25)(H,23,24)/b12-11+. The van der Waals surface area contributed by atoms with Gasteiger partial charge in [0.15, 0.2) is 0 Å². The Morgan fingerprint density at radius 1 is 1.08 bits per heavy atom. The van der Waals surface area contributed by atoms with Crippen LogP contribution in [0.25, 0.3) is 6.08 Å². The zero-order valence-corrected chi connectivity index (χ0v) is 15.1. The summed E-state index contributed by atoms with van der Waals surface area (Å²) in [6.07, 6.45) is 3.13. The molecule has 0 aromatic heterocycles. The van der Waals surface area contributed by atoms with Gasteiger partial charge in [0.05, 0.1) is 6.61 Å². The highest BCUT2D eigenvalue weighted by Gasteiger charge is 2.13. The van der Waals surface area contributed by atoms with E-state index in [1.165, 1.54) is 6.08 Å². The number of hydrogen-bond acceptors (Lipinski definition) is 3. The van der Waals surface area contributed by atoms with E-state index in [4.69, 9.17) is 4.74 Å². The van der Waals surface area contributed by atoms with Crippen molar-refractivity contribution in [1.82, 2.24) is 10.6 Å².